The zero-order chi connectivity index (χ0) is 17.2. The SMILES string of the molecule is Cc1c(Cl)cc(S(=O)(=O)Oc2cccc(C#N)c2)cc1[N+](=O)[O-]. The van der Waals surface area contributed by atoms with Gasteiger partial charge < -0.3 is 4.18 Å². The summed E-state index contributed by atoms with van der Waals surface area (Å²) < 4.78 is 29.4. The van der Waals surface area contributed by atoms with Gasteiger partial charge in [0.2, 0.25) is 0 Å². The van der Waals surface area contributed by atoms with Crippen LogP contribution >= 0.6 is 11.6 Å². The van der Waals surface area contributed by atoms with Gasteiger partial charge in [0.25, 0.3) is 5.69 Å². The van der Waals surface area contributed by atoms with E-state index in [4.69, 9.17) is 21.0 Å². The number of nitro groups is 1. The second kappa shape index (κ2) is 6.24. The normalized spacial score (nSPS) is 10.8. The summed E-state index contributed by atoms with van der Waals surface area (Å²) in [5.74, 6) is -0.0802. The molecule has 0 heterocycles. The van der Waals surface area contributed by atoms with E-state index in [0.29, 0.717) is 0 Å². The molecule has 0 unspecified atom stereocenters. The first kappa shape index (κ1) is 16.7. The van der Waals surface area contributed by atoms with Crippen LogP contribution in [-0.4, -0.2) is 13.3 Å². The van der Waals surface area contributed by atoms with Gasteiger partial charge in [0, 0.05) is 11.6 Å². The zero-order valence-corrected chi connectivity index (χ0v) is 13.3. The van der Waals surface area contributed by atoms with Crippen LogP contribution in [0.3, 0.4) is 0 Å². The number of rotatable bonds is 4. The lowest BCUT2D eigenvalue weighted by molar-refractivity contribution is -0.385. The van der Waals surface area contributed by atoms with E-state index >= 15 is 0 Å². The Morgan fingerprint density at radius 1 is 1.30 bits per heavy atom. The van der Waals surface area contributed by atoms with Gasteiger partial charge in [0.15, 0.2) is 0 Å². The average Bonchev–Trinajstić information content (AvgIpc) is 2.49. The molecule has 0 saturated carbocycles. The van der Waals surface area contributed by atoms with E-state index < -0.39 is 25.6 Å². The molecule has 0 amide bonds. The molecule has 9 heteroatoms. The minimum absolute atomic E-state index is 0.0628. The first-order valence-electron chi connectivity index (χ1n) is 6.14. The second-order valence-electron chi connectivity index (χ2n) is 4.48. The summed E-state index contributed by atoms with van der Waals surface area (Å²) in [7, 11) is -4.33. The third kappa shape index (κ3) is 3.59. The predicted molar refractivity (Wildman–Crippen MR) is 81.8 cm³/mol. The average molecular weight is 353 g/mol. The molecule has 0 aliphatic heterocycles. The van der Waals surface area contributed by atoms with Gasteiger partial charge in [-0.2, -0.15) is 13.7 Å². The minimum Gasteiger partial charge on any atom is -0.379 e. The monoisotopic (exact) mass is 352 g/mol. The summed E-state index contributed by atoms with van der Waals surface area (Å²) in [6, 6.07) is 9.32. The number of hydrogen-bond donors (Lipinski definition) is 0. The van der Waals surface area contributed by atoms with Crippen molar-refractivity contribution in [3.63, 3.8) is 0 Å². The number of halogens is 1. The van der Waals surface area contributed by atoms with Crippen LogP contribution in [0.25, 0.3) is 0 Å². The Bertz CT molecular complexity index is 935. The molecule has 0 aromatic heterocycles. The van der Waals surface area contributed by atoms with Gasteiger partial charge in [-0.25, -0.2) is 0 Å². The van der Waals surface area contributed by atoms with Gasteiger partial charge in [0.1, 0.15) is 10.6 Å². The van der Waals surface area contributed by atoms with Crippen molar-refractivity contribution in [2.75, 3.05) is 0 Å². The number of nitriles is 1. The topological polar surface area (TPSA) is 110 Å². The largest absolute Gasteiger partial charge is 0.379 e. The van der Waals surface area contributed by atoms with Crippen molar-refractivity contribution in [1.29, 1.82) is 5.26 Å². The third-order valence-corrected chi connectivity index (χ3v) is 4.56. The molecule has 0 aliphatic carbocycles. The summed E-state index contributed by atoms with van der Waals surface area (Å²) in [6.07, 6.45) is 0. The van der Waals surface area contributed by atoms with Gasteiger partial charge in [-0.1, -0.05) is 17.7 Å². The summed E-state index contributed by atoms with van der Waals surface area (Å²) in [6.45, 7) is 1.41. The van der Waals surface area contributed by atoms with Crippen molar-refractivity contribution >= 4 is 27.4 Å². The van der Waals surface area contributed by atoms with Crippen LogP contribution in [0.4, 0.5) is 5.69 Å². The Kier molecular flexibility index (Phi) is 4.54. The molecule has 0 saturated heterocycles. The highest BCUT2D eigenvalue weighted by atomic mass is 35.5. The maximum absolute atomic E-state index is 12.3. The van der Waals surface area contributed by atoms with E-state index in [1.165, 1.54) is 31.2 Å². The fourth-order valence-electron chi connectivity index (χ4n) is 1.77. The lowest BCUT2D eigenvalue weighted by Crippen LogP contribution is -2.10. The smallest absolute Gasteiger partial charge is 0.339 e. The maximum Gasteiger partial charge on any atom is 0.339 e. The molecule has 0 atom stereocenters. The number of nitrogens with zero attached hydrogens (tertiary/aromatic N) is 2. The summed E-state index contributed by atoms with van der Waals surface area (Å²) in [5, 5.41) is 19.7. The summed E-state index contributed by atoms with van der Waals surface area (Å²) >= 11 is 5.85. The van der Waals surface area contributed by atoms with E-state index in [0.717, 1.165) is 12.1 Å². The van der Waals surface area contributed by atoms with Crippen molar-refractivity contribution in [2.24, 2.45) is 0 Å². The van der Waals surface area contributed by atoms with Crippen molar-refractivity contribution in [2.45, 2.75) is 11.8 Å². The Morgan fingerprint density at radius 3 is 2.61 bits per heavy atom. The molecule has 0 radical (unpaired) electrons. The zero-order valence-electron chi connectivity index (χ0n) is 11.7. The molecule has 0 bridgehead atoms. The van der Waals surface area contributed by atoms with E-state index in [9.17, 15) is 18.5 Å². The molecule has 7 nitrogen and oxygen atoms in total. The van der Waals surface area contributed by atoms with Gasteiger partial charge >= 0.3 is 10.1 Å². The van der Waals surface area contributed by atoms with Crippen LogP contribution in [0.1, 0.15) is 11.1 Å². The lowest BCUT2D eigenvalue weighted by Gasteiger charge is -2.09. The highest BCUT2D eigenvalue weighted by Gasteiger charge is 2.24. The van der Waals surface area contributed by atoms with Crippen molar-refractivity contribution in [1.82, 2.24) is 0 Å². The van der Waals surface area contributed by atoms with Crippen LogP contribution in [-0.2, 0) is 10.1 Å². The first-order chi connectivity index (χ1) is 10.7. The highest BCUT2D eigenvalue weighted by molar-refractivity contribution is 7.87. The van der Waals surface area contributed by atoms with Crippen LogP contribution in [0.15, 0.2) is 41.3 Å². The summed E-state index contributed by atoms with van der Waals surface area (Å²) in [5.41, 5.74) is -0.0573. The second-order valence-corrected chi connectivity index (χ2v) is 6.44. The molecule has 2 rings (SSSR count). The van der Waals surface area contributed by atoms with Crippen LogP contribution in [0, 0.1) is 28.4 Å². The first-order valence-corrected chi connectivity index (χ1v) is 7.92. The fourth-order valence-corrected chi connectivity index (χ4v) is 3.02. The van der Waals surface area contributed by atoms with Crippen LogP contribution < -0.4 is 4.18 Å². The van der Waals surface area contributed by atoms with E-state index in [1.807, 2.05) is 6.07 Å². The molecule has 2 aromatic rings. The van der Waals surface area contributed by atoms with Gasteiger partial charge in [-0.3, -0.25) is 10.1 Å². The molecular formula is C14H9ClN2O5S. The van der Waals surface area contributed by atoms with Crippen LogP contribution in [0.2, 0.25) is 5.02 Å². The standard InChI is InChI=1S/C14H9ClN2O5S/c1-9-13(15)6-12(7-14(9)17(18)19)23(20,21)22-11-4-2-3-10(5-11)8-16/h2-7H,1H3. The molecular weight excluding hydrogens is 344 g/mol. The Hall–Kier alpha value is -2.63. The third-order valence-electron chi connectivity index (χ3n) is 2.94. The Morgan fingerprint density at radius 2 is 2.00 bits per heavy atom. The fraction of sp³-hybridized carbons (Fsp3) is 0.0714. The number of nitro benzene ring substituents is 1. The molecule has 2 aromatic carbocycles. The van der Waals surface area contributed by atoms with E-state index in [1.54, 1.807) is 0 Å². The predicted octanol–water partition coefficient (Wildman–Crippen LogP) is 3.20. The van der Waals surface area contributed by atoms with E-state index in [-0.39, 0.29) is 21.9 Å². The maximum atomic E-state index is 12.3. The number of benzene rings is 2. The molecule has 0 N–H and O–H groups in total. The lowest BCUT2D eigenvalue weighted by atomic mass is 10.2. The molecule has 0 fully saturated rings. The molecule has 0 spiro atoms. The van der Waals surface area contributed by atoms with E-state index in [2.05, 4.69) is 0 Å². The number of hydrogen-bond acceptors (Lipinski definition) is 6. The van der Waals surface area contributed by atoms with Gasteiger partial charge in [0.05, 0.1) is 21.6 Å². The molecule has 0 aliphatic rings. The van der Waals surface area contributed by atoms with Gasteiger partial charge in [-0.15, -0.1) is 0 Å². The van der Waals surface area contributed by atoms with Gasteiger partial charge in [-0.05, 0) is 31.2 Å². The minimum atomic E-state index is -4.33. The Balaban J connectivity index is 2.48. The van der Waals surface area contributed by atoms with Crippen molar-refractivity contribution in [3.8, 4) is 11.8 Å². The summed E-state index contributed by atoms with van der Waals surface area (Å²) in [4.78, 5) is 9.80. The molecule has 23 heavy (non-hydrogen) atoms. The van der Waals surface area contributed by atoms with Crippen molar-refractivity contribution in [3.05, 3.63) is 62.7 Å². The quantitative estimate of drug-likeness (QED) is 0.474. The van der Waals surface area contributed by atoms with Crippen molar-refractivity contribution < 1.29 is 17.5 Å². The molecule has 118 valence electrons. The highest BCUT2D eigenvalue weighted by Crippen LogP contribution is 2.30. The van der Waals surface area contributed by atoms with Crippen LogP contribution in [0.5, 0.6) is 5.75 Å². The Labute approximate surface area is 137 Å².